The minimum Gasteiger partial charge on any atom is -0.481 e. The van der Waals surface area contributed by atoms with Crippen molar-refractivity contribution in [2.24, 2.45) is 0 Å². The van der Waals surface area contributed by atoms with E-state index < -0.39 is 17.8 Å². The van der Waals surface area contributed by atoms with Gasteiger partial charge in [0.15, 0.2) is 23.2 Å². The van der Waals surface area contributed by atoms with Crippen LogP contribution in [0.15, 0.2) is 24.7 Å². The number of Topliss-reactive ketones (excluding diaryl/α,β-unsaturated/α-hetero) is 1. The summed E-state index contributed by atoms with van der Waals surface area (Å²) in [5.74, 6) is -1.78. The van der Waals surface area contributed by atoms with E-state index in [2.05, 4.69) is 25.3 Å². The molecule has 3 N–H and O–H groups in total. The lowest BCUT2D eigenvalue weighted by molar-refractivity contribution is -0.137. The number of carbonyl (C=O) groups is 2. The molecule has 3 aromatic rings. The van der Waals surface area contributed by atoms with Gasteiger partial charge in [-0.3, -0.25) is 9.59 Å². The third-order valence-electron chi connectivity index (χ3n) is 4.13. The normalized spacial score (nSPS) is 12.1. The van der Waals surface area contributed by atoms with Gasteiger partial charge in [0.1, 0.15) is 5.65 Å². The van der Waals surface area contributed by atoms with Gasteiger partial charge in [-0.2, -0.15) is 0 Å². The average Bonchev–Trinajstić information content (AvgIpc) is 3.06. The van der Waals surface area contributed by atoms with Gasteiger partial charge in [0.25, 0.3) is 0 Å². The van der Waals surface area contributed by atoms with Crippen molar-refractivity contribution in [3.63, 3.8) is 0 Å². The van der Waals surface area contributed by atoms with E-state index in [0.717, 1.165) is 6.20 Å². The van der Waals surface area contributed by atoms with E-state index in [-0.39, 0.29) is 36.7 Å². The zero-order valence-corrected chi connectivity index (χ0v) is 15.6. The zero-order chi connectivity index (χ0) is 20.3. The molecule has 3 rings (SSSR count). The number of carboxylic acids is 1. The fraction of sp³-hybridized carbons (Fsp3) is 0.278. The predicted octanol–water partition coefficient (Wildman–Crippen LogP) is 3.44. The maximum absolute atomic E-state index is 14.2. The highest BCUT2D eigenvalue weighted by Gasteiger charge is 2.18. The second-order valence-electron chi connectivity index (χ2n) is 6.22. The predicted molar refractivity (Wildman–Crippen MR) is 102 cm³/mol. The van der Waals surface area contributed by atoms with Crippen LogP contribution in [0.4, 0.5) is 10.2 Å². The van der Waals surface area contributed by atoms with Crippen molar-refractivity contribution in [1.29, 1.82) is 0 Å². The van der Waals surface area contributed by atoms with Gasteiger partial charge in [0.05, 0.1) is 17.3 Å². The summed E-state index contributed by atoms with van der Waals surface area (Å²) >= 11 is 5.99. The molecular formula is C18H17ClFN5O3. The van der Waals surface area contributed by atoms with Crippen LogP contribution in [0, 0.1) is 5.82 Å². The molecule has 1 atom stereocenters. The summed E-state index contributed by atoms with van der Waals surface area (Å²) in [6, 6.07) is 0.967. The van der Waals surface area contributed by atoms with Crippen molar-refractivity contribution in [3.8, 4) is 11.4 Å². The van der Waals surface area contributed by atoms with E-state index in [1.807, 2.05) is 0 Å². The van der Waals surface area contributed by atoms with Crippen LogP contribution in [0.3, 0.4) is 0 Å². The standard InChI is InChI=1S/C18H17ClFN5O3/c1-9(14(26)3-2-4-15(27)28)24-18-13(20)8-23-17(25-18)12-7-22-16-11(12)5-10(19)6-21-16/h5-9H,2-4H2,1H3,(H,21,22)(H,27,28)(H,23,24,25)/t9-/m0/s1. The highest BCUT2D eigenvalue weighted by Crippen LogP contribution is 2.28. The van der Waals surface area contributed by atoms with Crippen LogP contribution in [-0.2, 0) is 9.59 Å². The van der Waals surface area contributed by atoms with Crippen LogP contribution >= 0.6 is 11.6 Å². The molecule has 0 spiro atoms. The monoisotopic (exact) mass is 405 g/mol. The fourth-order valence-electron chi connectivity index (χ4n) is 2.68. The molecule has 0 aromatic carbocycles. The van der Waals surface area contributed by atoms with Gasteiger partial charge in [-0.25, -0.2) is 19.3 Å². The fourth-order valence-corrected chi connectivity index (χ4v) is 2.83. The number of ketones is 1. The third kappa shape index (κ3) is 4.42. The molecule has 3 heterocycles. The summed E-state index contributed by atoms with van der Waals surface area (Å²) in [6.07, 6.45) is 4.37. The smallest absolute Gasteiger partial charge is 0.303 e. The number of nitrogens with one attached hydrogen (secondary N) is 2. The number of aromatic amines is 1. The average molecular weight is 406 g/mol. The van der Waals surface area contributed by atoms with Gasteiger partial charge in [-0.1, -0.05) is 11.6 Å². The lowest BCUT2D eigenvalue weighted by Gasteiger charge is -2.14. The highest BCUT2D eigenvalue weighted by molar-refractivity contribution is 6.31. The summed E-state index contributed by atoms with van der Waals surface area (Å²) in [6.45, 7) is 1.57. The third-order valence-corrected chi connectivity index (χ3v) is 4.34. The van der Waals surface area contributed by atoms with Crippen molar-refractivity contribution in [1.82, 2.24) is 19.9 Å². The van der Waals surface area contributed by atoms with Crippen molar-refractivity contribution in [2.45, 2.75) is 32.2 Å². The molecule has 0 amide bonds. The molecule has 0 aliphatic carbocycles. The van der Waals surface area contributed by atoms with E-state index in [9.17, 15) is 14.0 Å². The summed E-state index contributed by atoms with van der Waals surface area (Å²) in [5, 5.41) is 12.5. The number of carboxylic acid groups (broad SMARTS) is 1. The van der Waals surface area contributed by atoms with Crippen LogP contribution in [0.5, 0.6) is 0 Å². The first-order valence-electron chi connectivity index (χ1n) is 8.51. The topological polar surface area (TPSA) is 121 Å². The Kier molecular flexibility index (Phi) is 5.84. The van der Waals surface area contributed by atoms with Crippen LogP contribution in [0.25, 0.3) is 22.4 Å². The van der Waals surface area contributed by atoms with Crippen molar-refractivity contribution in [3.05, 3.63) is 35.5 Å². The number of anilines is 1. The number of carbonyl (C=O) groups excluding carboxylic acids is 1. The molecule has 3 aromatic heterocycles. The molecule has 10 heteroatoms. The second kappa shape index (κ2) is 8.30. The second-order valence-corrected chi connectivity index (χ2v) is 6.66. The molecule has 0 saturated carbocycles. The summed E-state index contributed by atoms with van der Waals surface area (Å²) in [7, 11) is 0. The summed E-state index contributed by atoms with van der Waals surface area (Å²) in [4.78, 5) is 38.0. The maximum atomic E-state index is 14.2. The first kappa shape index (κ1) is 19.7. The highest BCUT2D eigenvalue weighted by atomic mass is 35.5. The number of hydrogen-bond acceptors (Lipinski definition) is 6. The first-order valence-corrected chi connectivity index (χ1v) is 8.89. The van der Waals surface area contributed by atoms with Gasteiger partial charge in [0.2, 0.25) is 0 Å². The largest absolute Gasteiger partial charge is 0.481 e. The molecule has 0 fully saturated rings. The minimum absolute atomic E-state index is 0.0760. The van der Waals surface area contributed by atoms with Gasteiger partial charge in [-0.15, -0.1) is 0 Å². The Hall–Kier alpha value is -3.07. The molecular weight excluding hydrogens is 389 g/mol. The number of aliphatic carboxylic acids is 1. The number of halogens is 2. The van der Waals surface area contributed by atoms with E-state index in [1.165, 1.54) is 6.20 Å². The van der Waals surface area contributed by atoms with Gasteiger partial charge in [0, 0.05) is 36.2 Å². The number of fused-ring (bicyclic) bond motifs is 1. The number of rotatable bonds is 8. The zero-order valence-electron chi connectivity index (χ0n) is 14.9. The van der Waals surface area contributed by atoms with E-state index >= 15 is 0 Å². The molecule has 0 aliphatic heterocycles. The number of aromatic nitrogens is 4. The van der Waals surface area contributed by atoms with E-state index in [1.54, 1.807) is 19.2 Å². The van der Waals surface area contributed by atoms with Crippen LogP contribution < -0.4 is 5.32 Å². The maximum Gasteiger partial charge on any atom is 0.303 e. The van der Waals surface area contributed by atoms with E-state index in [0.29, 0.717) is 21.6 Å². The summed E-state index contributed by atoms with van der Waals surface area (Å²) in [5.41, 5.74) is 1.18. The first-order chi connectivity index (χ1) is 13.3. The SMILES string of the molecule is C[C@H](Nc1nc(-c2c[nH]c3ncc(Cl)cc23)ncc1F)C(=O)CCCC(=O)O. The molecule has 0 bridgehead atoms. The quantitative estimate of drug-likeness (QED) is 0.524. The van der Waals surface area contributed by atoms with Crippen molar-refractivity contribution < 1.29 is 19.1 Å². The van der Waals surface area contributed by atoms with Crippen molar-refractivity contribution >= 4 is 40.2 Å². The number of pyridine rings is 1. The minimum atomic E-state index is -0.965. The van der Waals surface area contributed by atoms with Crippen LogP contribution in [-0.4, -0.2) is 42.8 Å². The molecule has 8 nitrogen and oxygen atoms in total. The molecule has 146 valence electrons. The Labute approximate surface area is 164 Å². The van der Waals surface area contributed by atoms with E-state index in [4.69, 9.17) is 16.7 Å². The van der Waals surface area contributed by atoms with Crippen LogP contribution in [0.1, 0.15) is 26.2 Å². The van der Waals surface area contributed by atoms with Crippen molar-refractivity contribution in [2.75, 3.05) is 5.32 Å². The molecule has 0 aliphatic rings. The Bertz CT molecular complexity index is 1040. The lowest BCUT2D eigenvalue weighted by atomic mass is 10.1. The van der Waals surface area contributed by atoms with Gasteiger partial charge >= 0.3 is 5.97 Å². The Morgan fingerprint density at radius 3 is 2.86 bits per heavy atom. The van der Waals surface area contributed by atoms with Crippen LogP contribution in [0.2, 0.25) is 5.02 Å². The Morgan fingerprint density at radius 2 is 2.11 bits per heavy atom. The molecule has 0 radical (unpaired) electrons. The number of H-pyrrole nitrogens is 1. The summed E-state index contributed by atoms with van der Waals surface area (Å²) < 4.78 is 14.2. The Balaban J connectivity index is 1.80. The van der Waals surface area contributed by atoms with Gasteiger partial charge < -0.3 is 15.4 Å². The molecule has 0 saturated heterocycles. The molecule has 0 unspecified atom stereocenters. The van der Waals surface area contributed by atoms with Gasteiger partial charge in [-0.05, 0) is 19.4 Å². The number of nitrogens with zero attached hydrogens (tertiary/aromatic N) is 3. The number of hydrogen-bond donors (Lipinski definition) is 3. The molecule has 28 heavy (non-hydrogen) atoms. The Morgan fingerprint density at radius 1 is 1.32 bits per heavy atom. The lowest BCUT2D eigenvalue weighted by Crippen LogP contribution is -2.27.